The summed E-state index contributed by atoms with van der Waals surface area (Å²) in [5.74, 6) is 0.994. The third kappa shape index (κ3) is 2.73. The third-order valence-electron chi connectivity index (χ3n) is 2.29. The second-order valence-corrected chi connectivity index (χ2v) is 5.58. The molecule has 2 rings (SSSR count). The van der Waals surface area contributed by atoms with Gasteiger partial charge in [-0.25, -0.2) is 0 Å². The van der Waals surface area contributed by atoms with Crippen molar-refractivity contribution < 1.29 is 4.52 Å². The van der Waals surface area contributed by atoms with Gasteiger partial charge < -0.3 is 10.3 Å². The summed E-state index contributed by atoms with van der Waals surface area (Å²) in [6.07, 6.45) is 0. The molecule has 0 aliphatic carbocycles. The first-order chi connectivity index (χ1) is 7.86. The summed E-state index contributed by atoms with van der Waals surface area (Å²) in [6, 6.07) is 5.95. The van der Waals surface area contributed by atoms with Gasteiger partial charge in [-0.05, 0) is 44.5 Å². The predicted molar refractivity (Wildman–Crippen MR) is 69.4 cm³/mol. The summed E-state index contributed by atoms with van der Waals surface area (Å²) in [4.78, 5) is 4.31. The van der Waals surface area contributed by atoms with E-state index in [0.717, 1.165) is 15.6 Å². The van der Waals surface area contributed by atoms with Gasteiger partial charge in [0.25, 0.3) is 5.89 Å². The van der Waals surface area contributed by atoms with Crippen molar-refractivity contribution in [2.75, 3.05) is 0 Å². The van der Waals surface area contributed by atoms with Crippen LogP contribution in [-0.4, -0.2) is 10.1 Å². The van der Waals surface area contributed by atoms with Gasteiger partial charge in [-0.2, -0.15) is 4.98 Å². The van der Waals surface area contributed by atoms with Crippen molar-refractivity contribution in [3.63, 3.8) is 0 Å². The van der Waals surface area contributed by atoms with Crippen molar-refractivity contribution in [2.45, 2.75) is 26.3 Å². The van der Waals surface area contributed by atoms with E-state index in [2.05, 4.69) is 26.1 Å². The zero-order valence-corrected chi connectivity index (χ0v) is 11.6. The first-order valence-corrected chi connectivity index (χ1v) is 6.06. The molecular weight excluding hydrogens is 282 g/mol. The van der Waals surface area contributed by atoms with Crippen LogP contribution >= 0.6 is 15.9 Å². The smallest absolute Gasteiger partial charge is 0.258 e. The van der Waals surface area contributed by atoms with Crippen molar-refractivity contribution in [1.82, 2.24) is 10.1 Å². The number of benzene rings is 1. The molecule has 1 aromatic heterocycles. The molecule has 17 heavy (non-hydrogen) atoms. The molecule has 5 heteroatoms. The average molecular weight is 296 g/mol. The van der Waals surface area contributed by atoms with Gasteiger partial charge in [-0.15, -0.1) is 0 Å². The van der Waals surface area contributed by atoms with Crippen LogP contribution in [0, 0.1) is 6.92 Å². The van der Waals surface area contributed by atoms with Gasteiger partial charge in [-0.1, -0.05) is 21.1 Å². The van der Waals surface area contributed by atoms with Gasteiger partial charge in [0.2, 0.25) is 0 Å². The highest BCUT2D eigenvalue weighted by molar-refractivity contribution is 9.10. The fourth-order valence-corrected chi connectivity index (χ4v) is 2.07. The van der Waals surface area contributed by atoms with Crippen LogP contribution in [0.5, 0.6) is 0 Å². The van der Waals surface area contributed by atoms with Gasteiger partial charge in [0.05, 0.1) is 5.54 Å². The Bertz CT molecular complexity index is 523. The maximum atomic E-state index is 5.91. The van der Waals surface area contributed by atoms with E-state index in [9.17, 15) is 0 Å². The monoisotopic (exact) mass is 295 g/mol. The normalized spacial score (nSPS) is 11.8. The number of hydrogen-bond donors (Lipinski definition) is 1. The molecule has 0 aliphatic rings. The van der Waals surface area contributed by atoms with Crippen LogP contribution in [0.15, 0.2) is 27.2 Å². The highest BCUT2D eigenvalue weighted by Crippen LogP contribution is 2.25. The molecule has 0 bridgehead atoms. The van der Waals surface area contributed by atoms with E-state index in [1.807, 2.05) is 39.0 Å². The summed E-state index contributed by atoms with van der Waals surface area (Å²) in [5, 5.41) is 3.90. The summed E-state index contributed by atoms with van der Waals surface area (Å²) in [5.41, 5.74) is 7.33. The molecule has 0 saturated carbocycles. The molecule has 0 amide bonds. The highest BCUT2D eigenvalue weighted by atomic mass is 79.9. The summed E-state index contributed by atoms with van der Waals surface area (Å²) in [6.45, 7) is 5.69. The SMILES string of the molecule is Cc1cc(Br)cc(-c2nc(C(C)(C)N)no2)c1. The molecule has 0 unspecified atom stereocenters. The molecule has 0 fully saturated rings. The van der Waals surface area contributed by atoms with Gasteiger partial charge in [0.1, 0.15) is 0 Å². The molecule has 1 heterocycles. The summed E-state index contributed by atoms with van der Waals surface area (Å²) >= 11 is 3.44. The number of rotatable bonds is 2. The standard InChI is InChI=1S/C12H14BrN3O/c1-7-4-8(6-9(13)5-7)10-15-11(16-17-10)12(2,3)14/h4-6H,14H2,1-3H3. The first kappa shape index (κ1) is 12.3. The molecule has 2 aromatic rings. The fourth-order valence-electron chi connectivity index (χ4n) is 1.46. The van der Waals surface area contributed by atoms with Gasteiger partial charge >= 0.3 is 0 Å². The van der Waals surface area contributed by atoms with E-state index in [0.29, 0.717) is 11.7 Å². The van der Waals surface area contributed by atoms with Crippen LogP contribution < -0.4 is 5.73 Å². The van der Waals surface area contributed by atoms with Crippen molar-refractivity contribution >= 4 is 15.9 Å². The Morgan fingerprint density at radius 2 is 2.00 bits per heavy atom. The van der Waals surface area contributed by atoms with Crippen LogP contribution in [0.3, 0.4) is 0 Å². The van der Waals surface area contributed by atoms with E-state index < -0.39 is 5.54 Å². The average Bonchev–Trinajstić information content (AvgIpc) is 2.63. The Kier molecular flexibility index (Phi) is 3.05. The van der Waals surface area contributed by atoms with Crippen LogP contribution in [0.2, 0.25) is 0 Å². The molecule has 4 nitrogen and oxygen atoms in total. The van der Waals surface area contributed by atoms with Crippen molar-refractivity contribution in [3.8, 4) is 11.5 Å². The molecule has 90 valence electrons. The van der Waals surface area contributed by atoms with E-state index in [1.165, 1.54) is 0 Å². The van der Waals surface area contributed by atoms with Crippen molar-refractivity contribution in [2.24, 2.45) is 5.73 Å². The Morgan fingerprint density at radius 3 is 2.53 bits per heavy atom. The third-order valence-corrected chi connectivity index (χ3v) is 2.75. The lowest BCUT2D eigenvalue weighted by atomic mass is 10.1. The molecule has 2 N–H and O–H groups in total. The highest BCUT2D eigenvalue weighted by Gasteiger charge is 2.22. The molecule has 0 saturated heterocycles. The van der Waals surface area contributed by atoms with Crippen molar-refractivity contribution in [1.29, 1.82) is 0 Å². The molecule has 1 aromatic carbocycles. The lowest BCUT2D eigenvalue weighted by Gasteiger charge is -2.11. The number of hydrogen-bond acceptors (Lipinski definition) is 4. The number of nitrogens with two attached hydrogens (primary N) is 1. The predicted octanol–water partition coefficient (Wildman–Crippen LogP) is 3.00. The molecular formula is C12H14BrN3O. The van der Waals surface area contributed by atoms with Gasteiger partial charge in [-0.3, -0.25) is 0 Å². The van der Waals surface area contributed by atoms with E-state index in [-0.39, 0.29) is 0 Å². The van der Waals surface area contributed by atoms with E-state index in [1.54, 1.807) is 0 Å². The molecule has 0 atom stereocenters. The van der Waals surface area contributed by atoms with Crippen molar-refractivity contribution in [3.05, 3.63) is 34.1 Å². The zero-order valence-electron chi connectivity index (χ0n) is 9.99. The molecule has 0 radical (unpaired) electrons. The number of aromatic nitrogens is 2. The quantitative estimate of drug-likeness (QED) is 0.925. The van der Waals surface area contributed by atoms with Gasteiger partial charge in [0, 0.05) is 10.0 Å². The minimum atomic E-state index is -0.594. The minimum Gasteiger partial charge on any atom is -0.334 e. The largest absolute Gasteiger partial charge is 0.334 e. The molecule has 0 spiro atoms. The molecule has 0 aliphatic heterocycles. The zero-order chi connectivity index (χ0) is 12.6. The Morgan fingerprint density at radius 1 is 1.29 bits per heavy atom. The maximum Gasteiger partial charge on any atom is 0.258 e. The summed E-state index contributed by atoms with van der Waals surface area (Å²) in [7, 11) is 0. The lowest BCUT2D eigenvalue weighted by Crippen LogP contribution is -2.30. The number of aryl methyl sites for hydroxylation is 1. The van der Waals surface area contributed by atoms with Crippen LogP contribution in [0.25, 0.3) is 11.5 Å². The van der Waals surface area contributed by atoms with Crippen LogP contribution in [0.4, 0.5) is 0 Å². The van der Waals surface area contributed by atoms with Gasteiger partial charge in [0.15, 0.2) is 5.82 Å². The first-order valence-electron chi connectivity index (χ1n) is 5.27. The number of halogens is 1. The fraction of sp³-hybridized carbons (Fsp3) is 0.333. The van der Waals surface area contributed by atoms with Crippen LogP contribution in [0.1, 0.15) is 25.2 Å². The van der Waals surface area contributed by atoms with E-state index in [4.69, 9.17) is 10.3 Å². The number of nitrogens with zero attached hydrogens (tertiary/aromatic N) is 2. The topological polar surface area (TPSA) is 64.9 Å². The second kappa shape index (κ2) is 4.23. The Labute approximate surface area is 108 Å². The minimum absolute atomic E-state index is 0.489. The second-order valence-electron chi connectivity index (χ2n) is 4.66. The lowest BCUT2D eigenvalue weighted by molar-refractivity contribution is 0.397. The Hall–Kier alpha value is -1.20. The maximum absolute atomic E-state index is 5.91. The van der Waals surface area contributed by atoms with Crippen LogP contribution in [-0.2, 0) is 5.54 Å². The van der Waals surface area contributed by atoms with E-state index >= 15 is 0 Å². The summed E-state index contributed by atoms with van der Waals surface area (Å²) < 4.78 is 6.21. The Balaban J connectivity index is 2.44.